The van der Waals surface area contributed by atoms with Gasteiger partial charge in [-0.05, 0) is 6.07 Å². The number of carbonyl (C=O) groups excluding carboxylic acids is 1. The number of halogens is 2. The maximum Gasteiger partial charge on any atom is 1.00 e. The molecule has 0 radical (unpaired) electrons. The zero-order valence-electron chi connectivity index (χ0n) is 9.28. The maximum absolute atomic E-state index is 11.2. The topological polar surface area (TPSA) is 112 Å². The van der Waals surface area contributed by atoms with Gasteiger partial charge in [0.1, 0.15) is 0 Å². The number of nitrogens with zero attached hydrogens (tertiary/aromatic N) is 1. The van der Waals surface area contributed by atoms with Crippen molar-refractivity contribution in [3.8, 4) is 0 Å². The SMILES string of the molecule is O=C([O-])c1ccccc1N(S(=O)(=O)Cl)S(=O)(=O)Cl.[Na+]. The van der Waals surface area contributed by atoms with Crippen LogP contribution < -0.4 is 38.4 Å². The first kappa shape index (κ1) is 19.0. The summed E-state index contributed by atoms with van der Waals surface area (Å²) in [6, 6.07) is 4.31. The number of para-hydroxylation sites is 1. The Bertz CT molecular complexity index is 657. The molecular weight excluding hydrogens is 352 g/mol. The van der Waals surface area contributed by atoms with Crippen molar-refractivity contribution >= 4 is 51.5 Å². The molecule has 0 spiro atoms. The van der Waals surface area contributed by atoms with Crippen LogP contribution in [0.25, 0.3) is 0 Å². The van der Waals surface area contributed by atoms with Crippen LogP contribution in [-0.2, 0) is 18.5 Å². The van der Waals surface area contributed by atoms with E-state index in [9.17, 15) is 26.7 Å². The zero-order chi connectivity index (χ0) is 14.1. The predicted molar refractivity (Wildman–Crippen MR) is 62.8 cm³/mol. The fourth-order valence-corrected chi connectivity index (χ4v) is 4.83. The molecule has 1 rings (SSSR count). The van der Waals surface area contributed by atoms with E-state index in [2.05, 4.69) is 0 Å². The minimum atomic E-state index is -4.84. The maximum atomic E-state index is 11.2. The summed E-state index contributed by atoms with van der Waals surface area (Å²) in [5.74, 6) is -1.78. The number of aromatic carboxylic acids is 1. The number of rotatable bonds is 4. The van der Waals surface area contributed by atoms with Crippen molar-refractivity contribution in [3.63, 3.8) is 0 Å². The third kappa shape index (κ3) is 4.78. The van der Waals surface area contributed by atoms with Gasteiger partial charge in [0.05, 0.1) is 11.7 Å². The fraction of sp³-hybridized carbons (Fsp3) is 0. The normalized spacial score (nSPS) is 11.5. The first-order valence-electron chi connectivity index (χ1n) is 4.05. The van der Waals surface area contributed by atoms with Crippen molar-refractivity contribution in [2.24, 2.45) is 0 Å². The molecule has 0 unspecified atom stereocenters. The van der Waals surface area contributed by atoms with Gasteiger partial charge in [0, 0.05) is 26.9 Å². The quantitative estimate of drug-likeness (QED) is 0.416. The number of carbonyl (C=O) groups is 1. The van der Waals surface area contributed by atoms with Gasteiger partial charge < -0.3 is 9.90 Å². The molecule has 0 bridgehead atoms. The number of carboxylic acid groups (broad SMARTS) is 1. The van der Waals surface area contributed by atoms with Gasteiger partial charge in [0.2, 0.25) is 0 Å². The summed E-state index contributed by atoms with van der Waals surface area (Å²) in [6.45, 7) is 0. The number of benzene rings is 1. The molecule has 1 aromatic rings. The number of carboxylic acids is 1. The van der Waals surface area contributed by atoms with Gasteiger partial charge >= 0.3 is 48.0 Å². The summed E-state index contributed by atoms with van der Waals surface area (Å²) in [5, 5.41) is 10.8. The molecule has 0 aromatic heterocycles. The van der Waals surface area contributed by atoms with Crippen molar-refractivity contribution in [2.75, 3.05) is 3.71 Å². The third-order valence-corrected chi connectivity index (χ3v) is 5.40. The van der Waals surface area contributed by atoms with Gasteiger partial charge in [-0.25, -0.2) is 0 Å². The van der Waals surface area contributed by atoms with Crippen LogP contribution in [0.4, 0.5) is 5.69 Å². The van der Waals surface area contributed by atoms with Crippen LogP contribution in [0.1, 0.15) is 10.4 Å². The second-order valence-electron chi connectivity index (χ2n) is 2.89. The van der Waals surface area contributed by atoms with E-state index in [1.807, 2.05) is 0 Å². The molecule has 0 amide bonds. The van der Waals surface area contributed by atoms with Crippen molar-refractivity contribution in [2.45, 2.75) is 0 Å². The van der Waals surface area contributed by atoms with E-state index in [0.29, 0.717) is 0 Å². The van der Waals surface area contributed by atoms with E-state index < -0.39 is 39.4 Å². The number of hydrogen-bond acceptors (Lipinski definition) is 6. The molecule has 1 aromatic carbocycles. The fourth-order valence-electron chi connectivity index (χ4n) is 1.15. The summed E-state index contributed by atoms with van der Waals surface area (Å²) in [7, 11) is 0.158. The largest absolute Gasteiger partial charge is 1.00 e. The van der Waals surface area contributed by atoms with Crippen molar-refractivity contribution in [1.29, 1.82) is 0 Å². The molecule has 0 heterocycles. The van der Waals surface area contributed by atoms with E-state index in [1.54, 1.807) is 0 Å². The number of hydrogen-bond donors (Lipinski definition) is 0. The molecule has 0 aliphatic rings. The molecule has 0 atom stereocenters. The monoisotopic (exact) mass is 355 g/mol. The van der Waals surface area contributed by atoms with Gasteiger partial charge in [-0.3, -0.25) is 0 Å². The first-order chi connectivity index (χ1) is 8.05. The Kier molecular flexibility index (Phi) is 6.60. The second kappa shape index (κ2) is 6.61. The van der Waals surface area contributed by atoms with Gasteiger partial charge in [-0.15, -0.1) is 3.71 Å². The average molecular weight is 356 g/mol. The van der Waals surface area contributed by atoms with Crippen LogP contribution in [0.3, 0.4) is 0 Å². The van der Waals surface area contributed by atoms with Crippen LogP contribution in [0, 0.1) is 0 Å². The standard InChI is InChI=1S/C7H5Cl2NO6S2.Na/c8-17(13,14)10(18(9,15)16)6-4-2-1-3-5(6)7(11)12;/h1-4H,(H,11,12);/q;+1/p-1. The molecule has 0 saturated heterocycles. The first-order valence-corrected chi connectivity index (χ1v) is 8.58. The summed E-state index contributed by atoms with van der Waals surface area (Å²) < 4.78 is 44.3. The van der Waals surface area contributed by atoms with Crippen molar-refractivity contribution in [1.82, 2.24) is 0 Å². The Morgan fingerprint density at radius 2 is 1.47 bits per heavy atom. The number of anilines is 1. The van der Waals surface area contributed by atoms with E-state index in [4.69, 9.17) is 21.4 Å². The minimum Gasteiger partial charge on any atom is -0.545 e. The molecule has 0 fully saturated rings. The molecule has 0 N–H and O–H groups in total. The summed E-state index contributed by atoms with van der Waals surface area (Å²) in [5.41, 5.74) is -1.42. The molecule has 0 saturated carbocycles. The Morgan fingerprint density at radius 3 is 1.84 bits per heavy atom. The third-order valence-electron chi connectivity index (χ3n) is 1.72. The molecule has 0 aliphatic carbocycles. The molecular formula is C7H4Cl2NNaO6S2. The molecule has 7 nitrogen and oxygen atoms in total. The van der Waals surface area contributed by atoms with Crippen LogP contribution in [0.5, 0.6) is 0 Å². The van der Waals surface area contributed by atoms with Crippen molar-refractivity contribution in [3.05, 3.63) is 29.8 Å². The zero-order valence-corrected chi connectivity index (χ0v) is 14.4. The summed E-state index contributed by atoms with van der Waals surface area (Å²) >= 11 is 0. The van der Waals surface area contributed by atoms with E-state index in [1.165, 1.54) is 12.1 Å². The molecule has 12 heteroatoms. The summed E-state index contributed by atoms with van der Waals surface area (Å²) in [4.78, 5) is 10.8. The Labute approximate surface area is 140 Å². The molecule has 100 valence electrons. The van der Waals surface area contributed by atoms with Gasteiger partial charge in [-0.1, -0.05) is 18.2 Å². The van der Waals surface area contributed by atoms with Crippen LogP contribution >= 0.6 is 21.4 Å². The summed E-state index contributed by atoms with van der Waals surface area (Å²) in [6.07, 6.45) is 0. The Morgan fingerprint density at radius 1 is 1.05 bits per heavy atom. The molecule has 0 aliphatic heterocycles. The second-order valence-corrected chi connectivity index (χ2v) is 7.84. The van der Waals surface area contributed by atoms with Crippen LogP contribution in [0.15, 0.2) is 24.3 Å². The van der Waals surface area contributed by atoms with Crippen LogP contribution in [0.2, 0.25) is 0 Å². The van der Waals surface area contributed by atoms with Gasteiger partial charge in [-0.2, -0.15) is 16.8 Å². The predicted octanol–water partition coefficient (Wildman–Crippen LogP) is -3.17. The van der Waals surface area contributed by atoms with Crippen molar-refractivity contribution < 1.29 is 56.3 Å². The van der Waals surface area contributed by atoms with Gasteiger partial charge in [0.25, 0.3) is 0 Å². The van der Waals surface area contributed by atoms with E-state index in [-0.39, 0.29) is 29.6 Å². The molecule has 19 heavy (non-hydrogen) atoms. The average Bonchev–Trinajstić information content (AvgIpc) is 2.13. The van der Waals surface area contributed by atoms with Crippen LogP contribution in [-0.4, -0.2) is 22.8 Å². The Balaban J connectivity index is 0.00000324. The van der Waals surface area contributed by atoms with E-state index in [0.717, 1.165) is 12.1 Å². The van der Waals surface area contributed by atoms with Gasteiger partial charge in [0.15, 0.2) is 0 Å². The van der Waals surface area contributed by atoms with E-state index >= 15 is 0 Å². The smallest absolute Gasteiger partial charge is 0.545 e. The Hall–Kier alpha value is -0.0300. The minimum absolute atomic E-state index is 0.